The molecule has 0 aromatic rings. The Morgan fingerprint density at radius 3 is 2.46 bits per heavy atom. The van der Waals surface area contributed by atoms with E-state index in [-0.39, 0.29) is 5.92 Å². The molecule has 0 aliphatic carbocycles. The number of nitrogens with one attached hydrogen (secondary N) is 3. The van der Waals surface area contributed by atoms with Crippen molar-refractivity contribution in [1.82, 2.24) is 21.1 Å². The number of esters is 1. The van der Waals surface area contributed by atoms with Gasteiger partial charge < -0.3 is 15.4 Å². The molecule has 1 rings (SSSR count). The lowest BCUT2D eigenvalue weighted by Crippen LogP contribution is -2.60. The molecule has 3 atom stereocenters. The molecule has 3 N–H and O–H groups in total. The van der Waals surface area contributed by atoms with E-state index in [9.17, 15) is 19.2 Å². The predicted molar refractivity (Wildman–Crippen MR) is 105 cm³/mol. The maximum atomic E-state index is 12.6. The zero-order chi connectivity index (χ0) is 21.5. The molecule has 0 aromatic heterocycles. The summed E-state index contributed by atoms with van der Waals surface area (Å²) < 4.78 is 3.22. The van der Waals surface area contributed by atoms with Crippen molar-refractivity contribution in [3.63, 3.8) is 0 Å². The van der Waals surface area contributed by atoms with E-state index in [0.29, 0.717) is 25.8 Å². The third-order valence-corrected chi connectivity index (χ3v) is 4.37. The van der Waals surface area contributed by atoms with Crippen molar-refractivity contribution in [2.75, 3.05) is 13.2 Å². The van der Waals surface area contributed by atoms with Gasteiger partial charge in [-0.15, -0.1) is 0 Å². The molecule has 3 unspecified atom stereocenters. The SMILES string of the molecule is CC(NC(=O)C(NC=O)C(C)C)C(=O)N1CCCC(C(=O)OCC(Cl)(Cl)Cl)N1. The average molecular weight is 460 g/mol. The standard InChI is InChI=1S/C16H25Cl3N4O5/c1-9(2)12(20-8-24)13(25)21-10(3)14(26)23-6-4-5-11(22-23)15(27)28-7-16(17,18)19/h8-12,22H,4-7H2,1-3H3,(H,20,24)(H,21,25). The second-order valence-corrected chi connectivity index (χ2v) is 9.29. The highest BCUT2D eigenvalue weighted by Crippen LogP contribution is 2.26. The molecule has 0 bridgehead atoms. The Labute approximate surface area is 178 Å². The van der Waals surface area contributed by atoms with Gasteiger partial charge in [0.05, 0.1) is 0 Å². The lowest BCUT2D eigenvalue weighted by Gasteiger charge is -2.34. The van der Waals surface area contributed by atoms with Gasteiger partial charge in [0.2, 0.25) is 16.1 Å². The van der Waals surface area contributed by atoms with Crippen LogP contribution in [-0.4, -0.2) is 64.3 Å². The fourth-order valence-electron chi connectivity index (χ4n) is 2.61. The molecular formula is C16H25Cl3N4O5. The number of halogens is 3. The first-order chi connectivity index (χ1) is 13.0. The molecule has 3 amide bonds. The first-order valence-electron chi connectivity index (χ1n) is 8.77. The number of carbonyl (C=O) groups is 4. The van der Waals surface area contributed by atoms with Crippen LogP contribution in [0.2, 0.25) is 0 Å². The second-order valence-electron chi connectivity index (χ2n) is 6.77. The van der Waals surface area contributed by atoms with Crippen molar-refractivity contribution in [1.29, 1.82) is 0 Å². The van der Waals surface area contributed by atoms with E-state index in [1.54, 1.807) is 13.8 Å². The third kappa shape index (κ3) is 7.98. The van der Waals surface area contributed by atoms with Gasteiger partial charge in [-0.1, -0.05) is 48.7 Å². The minimum atomic E-state index is -1.72. The van der Waals surface area contributed by atoms with E-state index in [4.69, 9.17) is 39.5 Å². The summed E-state index contributed by atoms with van der Waals surface area (Å²) in [5, 5.41) is 6.26. The zero-order valence-corrected chi connectivity index (χ0v) is 18.1. The Morgan fingerprint density at radius 1 is 1.29 bits per heavy atom. The van der Waals surface area contributed by atoms with Crippen LogP contribution in [0.15, 0.2) is 0 Å². The quantitative estimate of drug-likeness (QED) is 0.279. The summed E-state index contributed by atoms with van der Waals surface area (Å²) in [6, 6.07) is -2.40. The largest absolute Gasteiger partial charge is 0.460 e. The molecule has 28 heavy (non-hydrogen) atoms. The van der Waals surface area contributed by atoms with Gasteiger partial charge in [-0.3, -0.25) is 24.2 Å². The van der Waals surface area contributed by atoms with Crippen molar-refractivity contribution < 1.29 is 23.9 Å². The Balaban J connectivity index is 2.63. The monoisotopic (exact) mass is 458 g/mol. The van der Waals surface area contributed by atoms with Gasteiger partial charge in [0, 0.05) is 6.54 Å². The van der Waals surface area contributed by atoms with Crippen LogP contribution in [-0.2, 0) is 23.9 Å². The molecule has 1 aliphatic rings. The van der Waals surface area contributed by atoms with Gasteiger partial charge >= 0.3 is 5.97 Å². The number of alkyl halides is 3. The number of hydrogen-bond acceptors (Lipinski definition) is 6. The molecule has 1 fully saturated rings. The molecule has 9 nitrogen and oxygen atoms in total. The van der Waals surface area contributed by atoms with E-state index in [1.165, 1.54) is 11.9 Å². The Kier molecular flexibility index (Phi) is 9.76. The molecular weight excluding hydrogens is 435 g/mol. The maximum absolute atomic E-state index is 12.6. The molecule has 0 spiro atoms. The van der Waals surface area contributed by atoms with E-state index in [2.05, 4.69) is 16.1 Å². The van der Waals surface area contributed by atoms with Crippen LogP contribution >= 0.6 is 34.8 Å². The van der Waals surface area contributed by atoms with Gasteiger partial charge in [-0.05, 0) is 25.7 Å². The van der Waals surface area contributed by atoms with Gasteiger partial charge in [0.25, 0.3) is 5.91 Å². The number of ether oxygens (including phenoxy) is 1. The number of nitrogens with zero attached hydrogens (tertiary/aromatic N) is 1. The maximum Gasteiger partial charge on any atom is 0.325 e. The summed E-state index contributed by atoms with van der Waals surface area (Å²) in [6.07, 6.45) is 1.44. The molecule has 0 saturated carbocycles. The Morgan fingerprint density at radius 2 is 1.93 bits per heavy atom. The fourth-order valence-corrected chi connectivity index (χ4v) is 2.78. The highest BCUT2D eigenvalue weighted by molar-refractivity contribution is 6.67. The third-order valence-electron chi connectivity index (χ3n) is 4.04. The normalized spacial score (nSPS) is 19.5. The number of hydrogen-bond donors (Lipinski definition) is 3. The van der Waals surface area contributed by atoms with Crippen LogP contribution < -0.4 is 16.1 Å². The van der Waals surface area contributed by atoms with Gasteiger partial charge in [0.1, 0.15) is 24.7 Å². The average Bonchev–Trinajstić information content (AvgIpc) is 2.62. The number of hydrazine groups is 1. The summed E-state index contributed by atoms with van der Waals surface area (Å²) >= 11 is 16.7. The van der Waals surface area contributed by atoms with E-state index < -0.39 is 46.3 Å². The van der Waals surface area contributed by atoms with E-state index in [1.807, 2.05) is 0 Å². The lowest BCUT2D eigenvalue weighted by atomic mass is 10.0. The second kappa shape index (κ2) is 11.0. The number of amides is 3. The molecule has 1 aliphatic heterocycles. The number of carbonyl (C=O) groups excluding carboxylic acids is 4. The Hall–Kier alpha value is -1.29. The smallest absolute Gasteiger partial charge is 0.325 e. The fraction of sp³-hybridized carbons (Fsp3) is 0.750. The molecule has 160 valence electrons. The molecule has 12 heteroatoms. The van der Waals surface area contributed by atoms with Crippen LogP contribution in [0.1, 0.15) is 33.6 Å². The Bertz CT molecular complexity index is 585. The van der Waals surface area contributed by atoms with Crippen molar-refractivity contribution in [2.24, 2.45) is 5.92 Å². The predicted octanol–water partition coefficient (Wildman–Crippen LogP) is 0.671. The van der Waals surface area contributed by atoms with Crippen LogP contribution in [0.3, 0.4) is 0 Å². The van der Waals surface area contributed by atoms with Crippen LogP contribution in [0.4, 0.5) is 0 Å². The zero-order valence-electron chi connectivity index (χ0n) is 15.8. The van der Waals surface area contributed by atoms with Gasteiger partial charge in [-0.2, -0.15) is 0 Å². The molecule has 0 aromatic carbocycles. The summed E-state index contributed by atoms with van der Waals surface area (Å²) in [5.74, 6) is -1.70. The van der Waals surface area contributed by atoms with E-state index >= 15 is 0 Å². The topological polar surface area (TPSA) is 117 Å². The molecule has 0 radical (unpaired) electrons. The summed E-state index contributed by atoms with van der Waals surface area (Å²) in [4.78, 5) is 47.6. The van der Waals surface area contributed by atoms with Crippen molar-refractivity contribution in [3.8, 4) is 0 Å². The van der Waals surface area contributed by atoms with Gasteiger partial charge in [0.15, 0.2) is 0 Å². The van der Waals surface area contributed by atoms with E-state index in [0.717, 1.165) is 0 Å². The lowest BCUT2D eigenvalue weighted by molar-refractivity contribution is -0.152. The summed E-state index contributed by atoms with van der Waals surface area (Å²) in [5.41, 5.74) is 2.78. The first-order valence-corrected chi connectivity index (χ1v) is 9.90. The minimum absolute atomic E-state index is 0.155. The van der Waals surface area contributed by atoms with Crippen LogP contribution in [0.5, 0.6) is 0 Å². The summed E-state index contributed by atoms with van der Waals surface area (Å²) in [7, 11) is 0. The molecule has 1 saturated heterocycles. The van der Waals surface area contributed by atoms with Crippen molar-refractivity contribution >= 4 is 59.0 Å². The first kappa shape index (κ1) is 24.7. The number of rotatable bonds is 8. The highest BCUT2D eigenvalue weighted by atomic mass is 35.6. The van der Waals surface area contributed by atoms with Crippen molar-refractivity contribution in [2.45, 2.75) is 55.5 Å². The molecule has 1 heterocycles. The summed E-state index contributed by atoms with van der Waals surface area (Å²) in [6.45, 7) is 5.01. The van der Waals surface area contributed by atoms with Crippen molar-refractivity contribution in [3.05, 3.63) is 0 Å². The van der Waals surface area contributed by atoms with Crippen LogP contribution in [0.25, 0.3) is 0 Å². The minimum Gasteiger partial charge on any atom is -0.460 e. The van der Waals surface area contributed by atoms with Gasteiger partial charge in [-0.25, -0.2) is 5.43 Å². The highest BCUT2D eigenvalue weighted by Gasteiger charge is 2.33. The van der Waals surface area contributed by atoms with Crippen LogP contribution in [0, 0.1) is 5.92 Å².